The quantitative estimate of drug-likeness (QED) is 0.611. The van der Waals surface area contributed by atoms with Gasteiger partial charge >= 0.3 is 12.1 Å². The maximum atomic E-state index is 12.0. The zero-order chi connectivity index (χ0) is 18.0. The number of rotatable bonds is 7. The van der Waals surface area contributed by atoms with E-state index in [9.17, 15) is 9.59 Å². The van der Waals surface area contributed by atoms with Crippen molar-refractivity contribution < 1.29 is 19.1 Å². The number of amides is 1. The van der Waals surface area contributed by atoms with Crippen molar-refractivity contribution in [3.05, 3.63) is 48.0 Å². The molecule has 0 aliphatic rings. The molecule has 1 N–H and O–H groups in total. The van der Waals surface area contributed by atoms with Crippen LogP contribution in [0.5, 0.6) is 0 Å². The van der Waals surface area contributed by atoms with E-state index in [2.05, 4.69) is 5.32 Å². The number of esters is 1. The van der Waals surface area contributed by atoms with E-state index in [-0.39, 0.29) is 6.04 Å². The molecule has 0 aliphatic carbocycles. The molecule has 0 saturated heterocycles. The molecule has 1 atom stereocenters. The summed E-state index contributed by atoms with van der Waals surface area (Å²) in [6, 6.07) is 9.64. The molecule has 5 heteroatoms. The highest BCUT2D eigenvalue weighted by Gasteiger charge is 2.18. The Bertz CT molecular complexity index is 546. The van der Waals surface area contributed by atoms with Crippen molar-refractivity contribution in [2.45, 2.75) is 52.2 Å². The van der Waals surface area contributed by atoms with Crippen molar-refractivity contribution in [3.63, 3.8) is 0 Å². The van der Waals surface area contributed by atoms with E-state index in [1.807, 2.05) is 30.3 Å². The van der Waals surface area contributed by atoms with Crippen LogP contribution in [0.1, 0.15) is 39.7 Å². The first-order valence-corrected chi connectivity index (χ1v) is 8.18. The van der Waals surface area contributed by atoms with Gasteiger partial charge in [0.1, 0.15) is 5.60 Å². The van der Waals surface area contributed by atoms with Crippen molar-refractivity contribution in [1.29, 1.82) is 0 Å². The van der Waals surface area contributed by atoms with Gasteiger partial charge in [0.25, 0.3) is 0 Å². The van der Waals surface area contributed by atoms with E-state index in [1.54, 1.807) is 33.8 Å². The Morgan fingerprint density at radius 3 is 2.46 bits per heavy atom. The van der Waals surface area contributed by atoms with Gasteiger partial charge in [0.2, 0.25) is 0 Å². The number of aryl methyl sites for hydroxylation is 1. The Morgan fingerprint density at radius 2 is 1.88 bits per heavy atom. The zero-order valence-electron chi connectivity index (χ0n) is 14.9. The summed E-state index contributed by atoms with van der Waals surface area (Å²) in [6.45, 7) is 7.48. The highest BCUT2D eigenvalue weighted by molar-refractivity contribution is 5.82. The van der Waals surface area contributed by atoms with E-state index in [4.69, 9.17) is 9.47 Å². The second kappa shape index (κ2) is 9.75. The monoisotopic (exact) mass is 333 g/mol. The van der Waals surface area contributed by atoms with Gasteiger partial charge in [-0.15, -0.1) is 0 Å². The number of carbonyl (C=O) groups excluding carboxylic acids is 2. The summed E-state index contributed by atoms with van der Waals surface area (Å²) in [4.78, 5) is 23.5. The van der Waals surface area contributed by atoms with Crippen LogP contribution in [0.25, 0.3) is 0 Å². The third kappa shape index (κ3) is 8.98. The number of benzene rings is 1. The van der Waals surface area contributed by atoms with Crippen LogP contribution in [-0.2, 0) is 20.7 Å². The smallest absolute Gasteiger partial charge is 0.408 e. The van der Waals surface area contributed by atoms with Crippen molar-refractivity contribution in [2.75, 3.05) is 6.61 Å². The maximum absolute atomic E-state index is 12.0. The van der Waals surface area contributed by atoms with Crippen LogP contribution in [0.15, 0.2) is 42.5 Å². The summed E-state index contributed by atoms with van der Waals surface area (Å²) in [5, 5.41) is 2.79. The number of nitrogens with one attached hydrogen (secondary N) is 1. The van der Waals surface area contributed by atoms with Crippen LogP contribution in [0.2, 0.25) is 0 Å². The Balaban J connectivity index is 2.67. The molecule has 0 heterocycles. The lowest BCUT2D eigenvalue weighted by Gasteiger charge is -2.22. The predicted molar refractivity (Wildman–Crippen MR) is 93.7 cm³/mol. The average Bonchev–Trinajstić information content (AvgIpc) is 2.49. The Hall–Kier alpha value is -2.30. The van der Waals surface area contributed by atoms with E-state index in [0.29, 0.717) is 13.0 Å². The number of hydrogen-bond donors (Lipinski definition) is 1. The van der Waals surface area contributed by atoms with Crippen molar-refractivity contribution in [1.82, 2.24) is 5.32 Å². The molecule has 0 unspecified atom stereocenters. The fourth-order valence-corrected chi connectivity index (χ4v) is 2.03. The van der Waals surface area contributed by atoms with Crippen molar-refractivity contribution >= 4 is 12.1 Å². The maximum Gasteiger partial charge on any atom is 0.408 e. The second-order valence-electron chi connectivity index (χ2n) is 6.39. The summed E-state index contributed by atoms with van der Waals surface area (Å²) in [5.41, 5.74) is 0.594. The topological polar surface area (TPSA) is 64.6 Å². The molecule has 1 rings (SSSR count). The number of alkyl carbamates (subject to hydrolysis) is 1. The van der Waals surface area contributed by atoms with Gasteiger partial charge in [0.05, 0.1) is 12.6 Å². The number of ether oxygens (including phenoxy) is 2. The molecular weight excluding hydrogens is 306 g/mol. The van der Waals surface area contributed by atoms with Crippen LogP contribution in [0.3, 0.4) is 0 Å². The molecule has 0 aliphatic heterocycles. The average molecular weight is 333 g/mol. The van der Waals surface area contributed by atoms with Gasteiger partial charge < -0.3 is 14.8 Å². The summed E-state index contributed by atoms with van der Waals surface area (Å²) in [5.74, 6) is -0.423. The van der Waals surface area contributed by atoms with Crippen LogP contribution in [0.4, 0.5) is 4.79 Å². The largest absolute Gasteiger partial charge is 0.463 e. The third-order valence-corrected chi connectivity index (χ3v) is 3.04. The molecule has 0 aromatic heterocycles. The molecule has 0 bridgehead atoms. The van der Waals surface area contributed by atoms with Gasteiger partial charge in [-0.1, -0.05) is 36.4 Å². The summed E-state index contributed by atoms with van der Waals surface area (Å²) < 4.78 is 10.1. The molecule has 0 spiro atoms. The first kappa shape index (κ1) is 19.7. The summed E-state index contributed by atoms with van der Waals surface area (Å²) in [7, 11) is 0. The molecule has 5 nitrogen and oxygen atoms in total. The Morgan fingerprint density at radius 1 is 1.21 bits per heavy atom. The lowest BCUT2D eigenvalue weighted by Crippen LogP contribution is -2.38. The second-order valence-corrected chi connectivity index (χ2v) is 6.39. The number of carbonyl (C=O) groups is 2. The minimum Gasteiger partial charge on any atom is -0.463 e. The highest BCUT2D eigenvalue weighted by Crippen LogP contribution is 2.09. The first-order valence-electron chi connectivity index (χ1n) is 8.18. The van der Waals surface area contributed by atoms with E-state index in [0.717, 1.165) is 12.0 Å². The summed E-state index contributed by atoms with van der Waals surface area (Å²) in [6.07, 6.45) is 3.91. The fraction of sp³-hybridized carbons (Fsp3) is 0.474. The van der Waals surface area contributed by atoms with Gasteiger partial charge in [-0.2, -0.15) is 0 Å². The normalized spacial score (nSPS) is 12.7. The van der Waals surface area contributed by atoms with Gasteiger partial charge in [0.15, 0.2) is 0 Å². The molecule has 0 saturated carbocycles. The SMILES string of the molecule is CCOC(=O)/C=C/[C@@H](CCc1ccccc1)NC(=O)OC(C)(C)C. The van der Waals surface area contributed by atoms with E-state index < -0.39 is 17.7 Å². The van der Waals surface area contributed by atoms with Gasteiger partial charge in [-0.25, -0.2) is 9.59 Å². The molecular formula is C19H27NO4. The van der Waals surface area contributed by atoms with Gasteiger partial charge in [-0.3, -0.25) is 0 Å². The summed E-state index contributed by atoms with van der Waals surface area (Å²) >= 11 is 0. The number of hydrogen-bond acceptors (Lipinski definition) is 4. The van der Waals surface area contributed by atoms with Crippen LogP contribution >= 0.6 is 0 Å². The Labute approximate surface area is 144 Å². The minimum atomic E-state index is -0.571. The molecule has 132 valence electrons. The standard InChI is InChI=1S/C19H27NO4/c1-5-23-17(21)14-13-16(20-18(22)24-19(2,3)4)12-11-15-9-7-6-8-10-15/h6-10,13-14,16H,5,11-12H2,1-4H3,(H,20,22)/b14-13+/t16-/m1/s1. The van der Waals surface area contributed by atoms with Gasteiger partial charge in [-0.05, 0) is 46.1 Å². The molecule has 1 amide bonds. The van der Waals surface area contributed by atoms with Crippen LogP contribution in [0, 0.1) is 0 Å². The fourth-order valence-electron chi connectivity index (χ4n) is 2.03. The molecule has 24 heavy (non-hydrogen) atoms. The molecule has 1 aromatic carbocycles. The molecule has 0 radical (unpaired) electrons. The third-order valence-electron chi connectivity index (χ3n) is 3.04. The van der Waals surface area contributed by atoms with Gasteiger partial charge in [0, 0.05) is 6.08 Å². The molecule has 1 aromatic rings. The van der Waals surface area contributed by atoms with Crippen molar-refractivity contribution in [3.8, 4) is 0 Å². The van der Waals surface area contributed by atoms with E-state index >= 15 is 0 Å². The highest BCUT2D eigenvalue weighted by atomic mass is 16.6. The zero-order valence-corrected chi connectivity index (χ0v) is 14.9. The van der Waals surface area contributed by atoms with Crippen LogP contribution < -0.4 is 5.32 Å². The van der Waals surface area contributed by atoms with Crippen LogP contribution in [-0.4, -0.2) is 30.3 Å². The minimum absolute atomic E-state index is 0.315. The van der Waals surface area contributed by atoms with Crippen molar-refractivity contribution in [2.24, 2.45) is 0 Å². The lowest BCUT2D eigenvalue weighted by molar-refractivity contribution is -0.137. The molecule has 0 fully saturated rings. The predicted octanol–water partition coefficient (Wildman–Crippen LogP) is 3.63. The Kier molecular flexibility index (Phi) is 8.02. The van der Waals surface area contributed by atoms with E-state index in [1.165, 1.54) is 6.08 Å². The first-order chi connectivity index (χ1) is 11.3. The lowest BCUT2D eigenvalue weighted by atomic mass is 10.0.